The van der Waals surface area contributed by atoms with Gasteiger partial charge in [-0.2, -0.15) is 0 Å². The van der Waals surface area contributed by atoms with Crippen LogP contribution in [-0.4, -0.2) is 58.7 Å². The highest BCUT2D eigenvalue weighted by molar-refractivity contribution is 7.98. The number of carbonyl (C=O) groups excluding carboxylic acids is 3. The Morgan fingerprint density at radius 2 is 1.85 bits per heavy atom. The van der Waals surface area contributed by atoms with Crippen LogP contribution in [0.25, 0.3) is 0 Å². The van der Waals surface area contributed by atoms with E-state index >= 15 is 0 Å². The number of thioether (sulfide) groups is 1. The molecule has 2 aliphatic carbocycles. The van der Waals surface area contributed by atoms with E-state index in [1.54, 1.807) is 11.8 Å². The standard InChI is InChI=1S/C31H41N3O4S/c1-18-9-7-14-23(19(18)2)34-27(29(36)32-20-10-5-4-6-11-20)31-16-15-24(38-31)25(26(31)30(34)37)28(35)33-21-12-8-13-22(17-21)39-3/h8,12-13,15-20,23-27H,4-7,9-11,14H2,1-3H3,(H,32,36)(H,33,35). The molecule has 39 heavy (non-hydrogen) atoms. The van der Waals surface area contributed by atoms with Gasteiger partial charge in [-0.05, 0) is 55.6 Å². The smallest absolute Gasteiger partial charge is 0.246 e. The zero-order chi connectivity index (χ0) is 27.3. The summed E-state index contributed by atoms with van der Waals surface area (Å²) in [4.78, 5) is 45.3. The highest BCUT2D eigenvalue weighted by Gasteiger charge is 2.73. The Bertz CT molecular complexity index is 1170. The fourth-order valence-electron chi connectivity index (χ4n) is 7.96. The number of hydrogen-bond donors (Lipinski definition) is 2. The minimum atomic E-state index is -1.11. The number of hydrogen-bond acceptors (Lipinski definition) is 5. The average Bonchev–Trinajstić information content (AvgIpc) is 3.58. The molecule has 0 aromatic heterocycles. The molecule has 7 nitrogen and oxygen atoms in total. The first-order valence-corrected chi connectivity index (χ1v) is 16.0. The van der Waals surface area contributed by atoms with Crippen LogP contribution >= 0.6 is 11.8 Å². The van der Waals surface area contributed by atoms with E-state index in [9.17, 15) is 14.4 Å². The first kappa shape index (κ1) is 26.9. The molecule has 2 N–H and O–H groups in total. The molecule has 8 unspecified atom stereocenters. The lowest BCUT2D eigenvalue weighted by atomic mass is 9.74. The van der Waals surface area contributed by atoms with Crippen LogP contribution in [0.4, 0.5) is 5.69 Å². The fraction of sp³-hybridized carbons (Fsp3) is 0.645. The summed E-state index contributed by atoms with van der Waals surface area (Å²) in [6.07, 6.45) is 13.7. The Labute approximate surface area is 235 Å². The Kier molecular flexibility index (Phi) is 7.29. The predicted molar refractivity (Wildman–Crippen MR) is 152 cm³/mol. The summed E-state index contributed by atoms with van der Waals surface area (Å²) in [5.41, 5.74) is -0.402. The quantitative estimate of drug-likeness (QED) is 0.393. The molecular formula is C31H41N3O4S. The van der Waals surface area contributed by atoms with Gasteiger partial charge in [0.15, 0.2) is 0 Å². The van der Waals surface area contributed by atoms with E-state index in [0.29, 0.717) is 11.6 Å². The molecule has 0 radical (unpaired) electrons. The monoisotopic (exact) mass is 551 g/mol. The molecule has 1 spiro atoms. The van der Waals surface area contributed by atoms with Crippen molar-refractivity contribution in [1.82, 2.24) is 10.2 Å². The predicted octanol–water partition coefficient (Wildman–Crippen LogP) is 4.77. The fourth-order valence-corrected chi connectivity index (χ4v) is 8.42. The third kappa shape index (κ3) is 4.51. The van der Waals surface area contributed by atoms with Crippen LogP contribution in [0.3, 0.4) is 0 Å². The lowest BCUT2D eigenvalue weighted by Crippen LogP contribution is -2.60. The van der Waals surface area contributed by atoms with Crippen molar-refractivity contribution in [2.24, 2.45) is 23.7 Å². The number of anilines is 1. The van der Waals surface area contributed by atoms with Crippen molar-refractivity contribution in [3.63, 3.8) is 0 Å². The SMILES string of the molecule is CSc1cccc(NC(=O)C2C3C=CC4(O3)C2C(=O)N(C2CCCC(C)C2C)C4C(=O)NC2CCCCC2)c1. The number of ether oxygens (including phenoxy) is 1. The molecule has 3 amide bonds. The Hall–Kier alpha value is -2.32. The van der Waals surface area contributed by atoms with E-state index in [0.717, 1.165) is 49.8 Å². The number of likely N-dealkylation sites (tertiary alicyclic amines) is 1. The van der Waals surface area contributed by atoms with Gasteiger partial charge in [0.25, 0.3) is 0 Å². The van der Waals surface area contributed by atoms with Gasteiger partial charge in [0.2, 0.25) is 17.7 Å². The Morgan fingerprint density at radius 1 is 1.05 bits per heavy atom. The number of benzene rings is 1. The third-order valence-corrected chi connectivity index (χ3v) is 10.9. The molecule has 1 aromatic rings. The summed E-state index contributed by atoms with van der Waals surface area (Å²) in [5.74, 6) is -1.09. The van der Waals surface area contributed by atoms with Crippen LogP contribution in [0.2, 0.25) is 0 Å². The van der Waals surface area contributed by atoms with Crippen LogP contribution in [0.5, 0.6) is 0 Å². The average molecular weight is 552 g/mol. The Balaban J connectivity index is 1.33. The number of rotatable bonds is 6. The van der Waals surface area contributed by atoms with Crippen LogP contribution in [-0.2, 0) is 19.1 Å². The normalized spacial score (nSPS) is 37.7. The molecule has 210 valence electrons. The van der Waals surface area contributed by atoms with E-state index in [1.807, 2.05) is 47.6 Å². The second-order valence-electron chi connectivity index (χ2n) is 12.3. The van der Waals surface area contributed by atoms with Crippen LogP contribution in [0.15, 0.2) is 41.3 Å². The van der Waals surface area contributed by atoms with Crippen molar-refractivity contribution in [1.29, 1.82) is 0 Å². The van der Waals surface area contributed by atoms with Gasteiger partial charge in [0.05, 0.1) is 17.9 Å². The minimum absolute atomic E-state index is 0.0404. The van der Waals surface area contributed by atoms with Crippen molar-refractivity contribution < 1.29 is 19.1 Å². The first-order valence-electron chi connectivity index (χ1n) is 14.8. The summed E-state index contributed by atoms with van der Waals surface area (Å²) < 4.78 is 6.58. The summed E-state index contributed by atoms with van der Waals surface area (Å²) in [7, 11) is 0. The van der Waals surface area contributed by atoms with Gasteiger partial charge in [0.1, 0.15) is 11.6 Å². The van der Waals surface area contributed by atoms with E-state index in [4.69, 9.17) is 4.74 Å². The number of fused-ring (bicyclic) bond motifs is 1. The molecule has 8 heteroatoms. The van der Waals surface area contributed by atoms with Crippen molar-refractivity contribution in [3.8, 4) is 0 Å². The number of carbonyl (C=O) groups is 3. The molecular weight excluding hydrogens is 510 g/mol. The zero-order valence-electron chi connectivity index (χ0n) is 23.2. The van der Waals surface area contributed by atoms with E-state index in [2.05, 4.69) is 24.5 Å². The molecule has 3 aliphatic heterocycles. The van der Waals surface area contributed by atoms with Gasteiger partial charge >= 0.3 is 0 Å². The third-order valence-electron chi connectivity index (χ3n) is 10.2. The molecule has 5 aliphatic rings. The van der Waals surface area contributed by atoms with Gasteiger partial charge < -0.3 is 20.3 Å². The topological polar surface area (TPSA) is 87.7 Å². The number of nitrogens with zero attached hydrogens (tertiary/aromatic N) is 1. The molecule has 6 rings (SSSR count). The second kappa shape index (κ2) is 10.6. The van der Waals surface area contributed by atoms with Crippen LogP contribution in [0.1, 0.15) is 65.2 Å². The lowest BCUT2D eigenvalue weighted by Gasteiger charge is -2.44. The van der Waals surface area contributed by atoms with Crippen molar-refractivity contribution in [2.75, 3.05) is 11.6 Å². The molecule has 2 bridgehead atoms. The summed E-state index contributed by atoms with van der Waals surface area (Å²) in [6.45, 7) is 4.45. The van der Waals surface area contributed by atoms with Gasteiger partial charge in [-0.3, -0.25) is 14.4 Å². The van der Waals surface area contributed by atoms with Crippen molar-refractivity contribution in [2.45, 2.75) is 99.9 Å². The van der Waals surface area contributed by atoms with Gasteiger partial charge in [-0.25, -0.2) is 0 Å². The van der Waals surface area contributed by atoms with E-state index in [1.165, 1.54) is 6.42 Å². The van der Waals surface area contributed by atoms with Crippen LogP contribution < -0.4 is 10.6 Å². The van der Waals surface area contributed by atoms with Crippen LogP contribution in [0, 0.1) is 23.7 Å². The summed E-state index contributed by atoms with van der Waals surface area (Å²) >= 11 is 1.61. The van der Waals surface area contributed by atoms with Crippen molar-refractivity contribution in [3.05, 3.63) is 36.4 Å². The molecule has 4 fully saturated rings. The van der Waals surface area contributed by atoms with E-state index < -0.39 is 29.6 Å². The highest BCUT2D eigenvalue weighted by Crippen LogP contribution is 2.57. The van der Waals surface area contributed by atoms with E-state index in [-0.39, 0.29) is 35.7 Å². The highest BCUT2D eigenvalue weighted by atomic mass is 32.2. The van der Waals surface area contributed by atoms with Gasteiger partial charge in [0, 0.05) is 22.7 Å². The second-order valence-corrected chi connectivity index (χ2v) is 13.2. The largest absolute Gasteiger partial charge is 0.359 e. The first-order chi connectivity index (χ1) is 18.8. The maximum atomic E-state index is 14.4. The minimum Gasteiger partial charge on any atom is -0.359 e. The summed E-state index contributed by atoms with van der Waals surface area (Å²) in [5, 5.41) is 6.37. The lowest BCUT2D eigenvalue weighted by molar-refractivity contribution is -0.146. The molecule has 2 saturated heterocycles. The Morgan fingerprint density at radius 3 is 2.62 bits per heavy atom. The molecule has 3 heterocycles. The molecule has 2 saturated carbocycles. The van der Waals surface area contributed by atoms with Gasteiger partial charge in [-0.15, -0.1) is 11.8 Å². The number of nitrogens with one attached hydrogen (secondary N) is 2. The maximum Gasteiger partial charge on any atom is 0.246 e. The zero-order valence-corrected chi connectivity index (χ0v) is 24.0. The number of amides is 3. The summed E-state index contributed by atoms with van der Waals surface area (Å²) in [6, 6.07) is 7.06. The molecule has 1 aromatic carbocycles. The molecule has 8 atom stereocenters. The maximum absolute atomic E-state index is 14.4. The van der Waals surface area contributed by atoms with Gasteiger partial charge in [-0.1, -0.05) is 64.2 Å². The van der Waals surface area contributed by atoms with Crippen molar-refractivity contribution >= 4 is 35.2 Å².